The van der Waals surface area contributed by atoms with Gasteiger partial charge in [0.05, 0.1) is 0 Å². The van der Waals surface area contributed by atoms with Gasteiger partial charge in [-0.2, -0.15) is 18.8 Å². The molecule has 0 aromatic heterocycles. The predicted molar refractivity (Wildman–Crippen MR) is 44.8 cm³/mol. The molecule has 0 aromatic rings. The minimum Gasteiger partial charge on any atom is -0.311 e. The Balaban J connectivity index is 0.000001000. The van der Waals surface area contributed by atoms with Crippen LogP contribution in [0.15, 0.2) is 0 Å². The van der Waals surface area contributed by atoms with Crippen LogP contribution >= 0.6 is 0 Å². The summed E-state index contributed by atoms with van der Waals surface area (Å²) in [4.78, 5) is 2.41. The Hall–Kier alpha value is 1.01. The molecule has 1 nitrogen and oxygen atoms in total. The molecule has 0 saturated carbocycles. The number of hydrogen-bond donors (Lipinski definition) is 0. The van der Waals surface area contributed by atoms with Gasteiger partial charge in [-0.1, -0.05) is 13.8 Å². The van der Waals surface area contributed by atoms with Gasteiger partial charge in [-0.05, 0) is 20.1 Å². The standard InChI is InChI=1S/C9H18N.U/c1-8(2)9-4-6-10(3)7-5-9;/h8H,4-7H2,1-3H3;/q-1;. The molecular weight excluding hydrogens is 360 g/mol. The van der Waals surface area contributed by atoms with Crippen molar-refractivity contribution in [3.63, 3.8) is 0 Å². The molecule has 64 valence electrons. The van der Waals surface area contributed by atoms with E-state index >= 15 is 0 Å². The van der Waals surface area contributed by atoms with Crippen molar-refractivity contribution in [3.05, 3.63) is 5.92 Å². The third-order valence-corrected chi connectivity index (χ3v) is 2.45. The average molecular weight is 378 g/mol. The van der Waals surface area contributed by atoms with Crippen molar-refractivity contribution in [2.75, 3.05) is 20.1 Å². The second-order valence-electron chi connectivity index (χ2n) is 3.62. The normalized spacial score (nSPS) is 21.8. The average Bonchev–Trinajstić information content (AvgIpc) is 1.88. The SMILES string of the molecule is CC(C)[C-]1CCN(C)CC1.[U]. The maximum Gasteiger partial charge on any atom is 0 e. The summed E-state index contributed by atoms with van der Waals surface area (Å²) in [5, 5.41) is 0. The zero-order valence-corrected chi connectivity index (χ0v) is 12.0. The number of nitrogens with zero attached hydrogens (tertiary/aromatic N) is 1. The van der Waals surface area contributed by atoms with Gasteiger partial charge in [0.1, 0.15) is 0 Å². The summed E-state index contributed by atoms with van der Waals surface area (Å²) in [6, 6.07) is 0. The first kappa shape index (κ1) is 12.0. The minimum absolute atomic E-state index is 0. The first-order valence-electron chi connectivity index (χ1n) is 4.23. The summed E-state index contributed by atoms with van der Waals surface area (Å²) in [5.41, 5.74) is 0. The van der Waals surface area contributed by atoms with Crippen molar-refractivity contribution in [1.82, 2.24) is 4.90 Å². The molecule has 0 radical (unpaired) electrons. The van der Waals surface area contributed by atoms with Crippen molar-refractivity contribution in [2.45, 2.75) is 26.7 Å². The van der Waals surface area contributed by atoms with Crippen LogP contribution in [0.1, 0.15) is 26.7 Å². The van der Waals surface area contributed by atoms with Crippen LogP contribution in [0, 0.1) is 42.9 Å². The molecule has 0 aliphatic carbocycles. The third-order valence-electron chi connectivity index (χ3n) is 2.45. The molecule has 0 amide bonds. The monoisotopic (exact) mass is 378 g/mol. The van der Waals surface area contributed by atoms with E-state index in [2.05, 4.69) is 25.8 Å². The summed E-state index contributed by atoms with van der Waals surface area (Å²) < 4.78 is 0. The molecule has 1 saturated heterocycles. The van der Waals surface area contributed by atoms with Gasteiger partial charge in [0.25, 0.3) is 0 Å². The van der Waals surface area contributed by atoms with E-state index in [0.717, 1.165) is 5.92 Å². The molecule has 11 heavy (non-hydrogen) atoms. The van der Waals surface area contributed by atoms with Crippen molar-refractivity contribution in [3.8, 4) is 0 Å². The zero-order valence-electron chi connectivity index (χ0n) is 7.85. The van der Waals surface area contributed by atoms with E-state index in [1.807, 2.05) is 0 Å². The van der Waals surface area contributed by atoms with Gasteiger partial charge in [-0.25, -0.2) is 0 Å². The Morgan fingerprint density at radius 2 is 1.64 bits per heavy atom. The summed E-state index contributed by atoms with van der Waals surface area (Å²) in [6.07, 6.45) is 2.66. The zero-order chi connectivity index (χ0) is 7.56. The summed E-state index contributed by atoms with van der Waals surface area (Å²) in [5.74, 6) is 2.58. The molecule has 0 N–H and O–H groups in total. The van der Waals surface area contributed by atoms with Gasteiger partial charge in [0.2, 0.25) is 0 Å². The Kier molecular flexibility index (Phi) is 6.14. The van der Waals surface area contributed by atoms with Crippen LogP contribution in [0.25, 0.3) is 0 Å². The van der Waals surface area contributed by atoms with Crippen molar-refractivity contribution < 1.29 is 31.1 Å². The van der Waals surface area contributed by atoms with Gasteiger partial charge in [-0.3, -0.25) is 0 Å². The van der Waals surface area contributed by atoms with E-state index in [1.54, 1.807) is 5.92 Å². The van der Waals surface area contributed by atoms with E-state index < -0.39 is 0 Å². The molecule has 0 bridgehead atoms. The van der Waals surface area contributed by atoms with Gasteiger partial charge >= 0.3 is 0 Å². The molecule has 0 spiro atoms. The molecule has 2 heteroatoms. The second kappa shape index (κ2) is 5.62. The second-order valence-corrected chi connectivity index (χ2v) is 3.62. The fourth-order valence-electron chi connectivity index (χ4n) is 1.48. The molecule has 1 rings (SSSR count). The van der Waals surface area contributed by atoms with E-state index in [1.165, 1.54) is 25.9 Å². The van der Waals surface area contributed by atoms with Crippen LogP contribution in [0.3, 0.4) is 0 Å². The van der Waals surface area contributed by atoms with Crippen molar-refractivity contribution in [1.29, 1.82) is 0 Å². The van der Waals surface area contributed by atoms with Gasteiger partial charge in [0.15, 0.2) is 0 Å². The van der Waals surface area contributed by atoms with E-state index in [-0.39, 0.29) is 31.1 Å². The van der Waals surface area contributed by atoms with E-state index in [9.17, 15) is 0 Å². The Labute approximate surface area is 94.3 Å². The third kappa shape index (κ3) is 3.97. The van der Waals surface area contributed by atoms with E-state index in [0.29, 0.717) is 0 Å². The number of likely N-dealkylation sites (tertiary alicyclic amines) is 1. The largest absolute Gasteiger partial charge is 0.311 e. The van der Waals surface area contributed by atoms with Gasteiger partial charge in [-0.15, -0.1) is 0 Å². The summed E-state index contributed by atoms with van der Waals surface area (Å²) in [7, 11) is 2.21. The molecule has 1 aliphatic rings. The summed E-state index contributed by atoms with van der Waals surface area (Å²) >= 11 is 0. The summed E-state index contributed by atoms with van der Waals surface area (Å²) in [6.45, 7) is 7.16. The fraction of sp³-hybridized carbons (Fsp3) is 0.889. The molecule has 1 aliphatic heterocycles. The van der Waals surface area contributed by atoms with Gasteiger partial charge < -0.3 is 10.8 Å². The van der Waals surface area contributed by atoms with Gasteiger partial charge in [0, 0.05) is 31.1 Å². The smallest absolute Gasteiger partial charge is 0 e. The molecule has 1 heterocycles. The van der Waals surface area contributed by atoms with Crippen molar-refractivity contribution in [2.24, 2.45) is 5.92 Å². The molecule has 0 aromatic carbocycles. The maximum atomic E-state index is 2.41. The quantitative estimate of drug-likeness (QED) is 0.631. The minimum atomic E-state index is 0. The van der Waals surface area contributed by atoms with Crippen molar-refractivity contribution >= 4 is 0 Å². The molecular formula is C9H18NU-. The Morgan fingerprint density at radius 3 is 2.00 bits per heavy atom. The van der Waals surface area contributed by atoms with E-state index in [4.69, 9.17) is 0 Å². The fourth-order valence-corrected chi connectivity index (χ4v) is 1.48. The Morgan fingerprint density at radius 1 is 1.18 bits per heavy atom. The Bertz CT molecular complexity index is 95.7. The van der Waals surface area contributed by atoms with Crippen LogP contribution in [0.4, 0.5) is 0 Å². The predicted octanol–water partition coefficient (Wildman–Crippen LogP) is 1.94. The first-order chi connectivity index (χ1) is 4.70. The van der Waals surface area contributed by atoms with Crippen LogP contribution in [0.2, 0.25) is 0 Å². The first-order valence-corrected chi connectivity index (χ1v) is 4.23. The number of hydrogen-bond acceptors (Lipinski definition) is 1. The van der Waals surface area contributed by atoms with Crippen LogP contribution in [-0.2, 0) is 0 Å². The van der Waals surface area contributed by atoms with Crippen LogP contribution < -0.4 is 0 Å². The number of rotatable bonds is 1. The van der Waals surface area contributed by atoms with Crippen LogP contribution in [-0.4, -0.2) is 25.0 Å². The van der Waals surface area contributed by atoms with Crippen LogP contribution in [0.5, 0.6) is 0 Å². The number of piperidine rings is 1. The maximum absolute atomic E-state index is 2.41. The molecule has 0 atom stereocenters. The topological polar surface area (TPSA) is 3.24 Å². The molecule has 1 fully saturated rings. The molecule has 0 unspecified atom stereocenters.